The Bertz CT molecular complexity index is 610. The number of rotatable bonds is 6. The van der Waals surface area contributed by atoms with Crippen molar-refractivity contribution in [1.82, 2.24) is 4.90 Å². The van der Waals surface area contributed by atoms with Crippen LogP contribution in [0.3, 0.4) is 0 Å². The van der Waals surface area contributed by atoms with Gasteiger partial charge in [-0.15, -0.1) is 0 Å². The summed E-state index contributed by atoms with van der Waals surface area (Å²) in [5, 5.41) is 21.4. The van der Waals surface area contributed by atoms with E-state index in [2.05, 4.69) is 5.02 Å². The maximum atomic E-state index is 12.1. The van der Waals surface area contributed by atoms with Crippen molar-refractivity contribution in [2.24, 2.45) is 5.92 Å². The molecule has 1 aliphatic heterocycles. The zero-order valence-corrected chi connectivity index (χ0v) is 12.9. The number of carboxylic acid groups (broad SMARTS) is 1. The van der Waals surface area contributed by atoms with E-state index in [0.29, 0.717) is 0 Å². The number of hydrogen-bond donors (Lipinski definition) is 2. The van der Waals surface area contributed by atoms with Gasteiger partial charge in [-0.1, -0.05) is 30.3 Å². The van der Waals surface area contributed by atoms with E-state index in [0.717, 1.165) is 5.56 Å². The summed E-state index contributed by atoms with van der Waals surface area (Å²) in [6.45, 7) is 1.15. The summed E-state index contributed by atoms with van der Waals surface area (Å²) < 4.78 is 0. The van der Waals surface area contributed by atoms with Gasteiger partial charge in [0.15, 0.2) is 0 Å². The number of amides is 1. The minimum atomic E-state index is -1.08. The number of hydrogen-bond acceptors (Lipinski definition) is 4. The molecule has 1 heterocycles. The molecule has 2 N–H and O–H groups in total. The average Bonchev–Trinajstić information content (AvgIpc) is 2.48. The third kappa shape index (κ3) is 3.09. The number of aliphatic hydroxyl groups is 1. The second kappa shape index (κ2) is 6.83. The van der Waals surface area contributed by atoms with E-state index in [1.807, 2.05) is 30.3 Å². The van der Waals surface area contributed by atoms with Gasteiger partial charge in [0.1, 0.15) is 6.54 Å². The molecule has 0 bridgehead atoms. The van der Waals surface area contributed by atoms with Crippen LogP contribution in [0.25, 0.3) is 0 Å². The lowest BCUT2D eigenvalue weighted by Crippen LogP contribution is -2.66. The van der Waals surface area contributed by atoms with E-state index in [1.165, 1.54) is 11.8 Å². The van der Waals surface area contributed by atoms with Crippen molar-refractivity contribution < 1.29 is 19.8 Å². The highest BCUT2D eigenvalue weighted by atomic mass is 32.1. The van der Waals surface area contributed by atoms with Gasteiger partial charge in [-0.3, -0.25) is 9.59 Å². The molecule has 0 spiro atoms. The van der Waals surface area contributed by atoms with E-state index in [-0.39, 0.29) is 18.4 Å². The summed E-state index contributed by atoms with van der Waals surface area (Å²) in [4.78, 5) is 24.4. The molecule has 1 aromatic carbocycles. The highest BCUT2D eigenvalue weighted by Gasteiger charge is 2.53. The summed E-state index contributed by atoms with van der Waals surface area (Å²) in [5.74, 6) is -2.36. The molecular weight excluding hydrogens is 302 g/mol. The lowest BCUT2D eigenvalue weighted by atomic mass is 9.73. The molecule has 6 heteroatoms. The summed E-state index contributed by atoms with van der Waals surface area (Å²) in [5.41, 5.74) is 0.901. The zero-order valence-electron chi connectivity index (χ0n) is 12.0. The molecule has 5 nitrogen and oxygen atoms in total. The van der Waals surface area contributed by atoms with Gasteiger partial charge < -0.3 is 15.1 Å². The van der Waals surface area contributed by atoms with E-state index in [9.17, 15) is 14.7 Å². The minimum absolute atomic E-state index is 0.296. The number of thiocarbonyl (C=S) groups is 1. The van der Waals surface area contributed by atoms with Crippen molar-refractivity contribution in [3.05, 3.63) is 42.0 Å². The Hall–Kier alpha value is -2.01. The summed E-state index contributed by atoms with van der Waals surface area (Å²) >= 11 is 4.79. The fraction of sp³-hybridized carbons (Fsp3) is 0.375. The molecule has 0 saturated carbocycles. The first-order valence-electron chi connectivity index (χ1n) is 6.93. The van der Waals surface area contributed by atoms with Crippen molar-refractivity contribution in [2.45, 2.75) is 25.0 Å². The van der Waals surface area contributed by atoms with Crippen molar-refractivity contribution in [3.8, 4) is 0 Å². The highest BCUT2D eigenvalue weighted by Crippen LogP contribution is 2.39. The predicted octanol–water partition coefficient (Wildman–Crippen LogP) is 1.22. The Labute approximate surface area is 133 Å². The van der Waals surface area contributed by atoms with Crippen LogP contribution in [0.5, 0.6) is 0 Å². The van der Waals surface area contributed by atoms with Crippen molar-refractivity contribution >= 4 is 29.1 Å². The Morgan fingerprint density at radius 1 is 1.45 bits per heavy atom. The number of aliphatic carboxylic acids is 1. The summed E-state index contributed by atoms with van der Waals surface area (Å²) in [6.07, 6.45) is 0.790. The van der Waals surface area contributed by atoms with E-state index in [1.54, 1.807) is 6.08 Å². The Balaban J connectivity index is 2.39. The topological polar surface area (TPSA) is 77.8 Å². The van der Waals surface area contributed by atoms with Gasteiger partial charge in [0.25, 0.3) is 0 Å². The van der Waals surface area contributed by atoms with E-state index >= 15 is 0 Å². The van der Waals surface area contributed by atoms with Crippen molar-refractivity contribution in [3.63, 3.8) is 0 Å². The second-order valence-corrected chi connectivity index (χ2v) is 5.57. The molecule has 0 aliphatic carbocycles. The van der Waals surface area contributed by atoms with Crippen LogP contribution in [0.2, 0.25) is 0 Å². The molecule has 1 amide bonds. The normalized spacial score (nSPS) is 23.2. The predicted molar refractivity (Wildman–Crippen MR) is 84.7 cm³/mol. The average molecular weight is 319 g/mol. The van der Waals surface area contributed by atoms with E-state index < -0.39 is 24.0 Å². The Kier molecular flexibility index (Phi) is 5.08. The Morgan fingerprint density at radius 3 is 2.59 bits per heavy atom. The van der Waals surface area contributed by atoms with Gasteiger partial charge in [-0.2, -0.15) is 0 Å². The summed E-state index contributed by atoms with van der Waals surface area (Å²) in [6, 6.07) is 8.91. The third-order valence-electron chi connectivity index (χ3n) is 3.92. The number of likely N-dealkylation sites (tertiary alicyclic amines) is 1. The van der Waals surface area contributed by atoms with Crippen LogP contribution in [0.4, 0.5) is 0 Å². The first-order chi connectivity index (χ1) is 10.5. The van der Waals surface area contributed by atoms with Crippen LogP contribution in [0, 0.1) is 5.92 Å². The highest BCUT2D eigenvalue weighted by molar-refractivity contribution is 7.78. The van der Waals surface area contributed by atoms with Crippen LogP contribution in [0.1, 0.15) is 18.4 Å². The van der Waals surface area contributed by atoms with Gasteiger partial charge in [0, 0.05) is 5.92 Å². The van der Waals surface area contributed by atoms with Gasteiger partial charge in [0.2, 0.25) is 5.91 Å². The summed E-state index contributed by atoms with van der Waals surface area (Å²) in [7, 11) is 0. The van der Waals surface area contributed by atoms with Crippen molar-refractivity contribution in [1.29, 1.82) is 0 Å². The quantitative estimate of drug-likeness (QED) is 0.609. The third-order valence-corrected chi connectivity index (χ3v) is 4.06. The number of aliphatic hydroxyl groups excluding tert-OH is 1. The molecule has 0 radical (unpaired) electrons. The standard InChI is InChI=1S/C16H17NO4S/c1-10(18)14-15(17(16(14)21)9-13(19)20)12(7-8-22)11-5-3-2-4-6-11/h2-7,10,12,14-15,18H,9H2,1H3,(H,19,20)/t10-,12-,14-,15+/m1/s1. The van der Waals surface area contributed by atoms with Crippen LogP contribution in [0.15, 0.2) is 36.4 Å². The lowest BCUT2D eigenvalue weighted by molar-refractivity contribution is -0.170. The van der Waals surface area contributed by atoms with Gasteiger partial charge in [-0.05, 0) is 35.8 Å². The maximum absolute atomic E-state index is 12.1. The number of β-lactam (4-membered cyclic amide) rings is 1. The molecular formula is C16H17NO4S. The molecule has 4 atom stereocenters. The largest absolute Gasteiger partial charge is 0.480 e. The first kappa shape index (κ1) is 16.4. The van der Waals surface area contributed by atoms with Gasteiger partial charge >= 0.3 is 5.97 Å². The Morgan fingerprint density at radius 2 is 2.09 bits per heavy atom. The van der Waals surface area contributed by atoms with Gasteiger partial charge in [-0.25, -0.2) is 0 Å². The fourth-order valence-corrected chi connectivity index (χ4v) is 3.12. The number of carboxylic acids is 1. The molecule has 0 unspecified atom stereocenters. The maximum Gasteiger partial charge on any atom is 0.323 e. The lowest BCUT2D eigenvalue weighted by Gasteiger charge is -2.50. The molecule has 1 fully saturated rings. The second-order valence-electron chi connectivity index (χ2n) is 5.34. The first-order valence-corrected chi connectivity index (χ1v) is 7.34. The SMILES string of the molecule is C[C@@H](O)[C@H]1C(=O)N(CC(=O)O)[C@H]1[C@H](C=C=S)c1ccccc1. The molecule has 116 valence electrons. The zero-order chi connectivity index (χ0) is 16.3. The van der Waals surface area contributed by atoms with Crippen LogP contribution in [-0.2, 0) is 9.59 Å². The van der Waals surface area contributed by atoms with Crippen LogP contribution < -0.4 is 0 Å². The smallest absolute Gasteiger partial charge is 0.323 e. The fourth-order valence-electron chi connectivity index (χ4n) is 2.97. The molecule has 2 rings (SSSR count). The molecule has 1 saturated heterocycles. The van der Waals surface area contributed by atoms with Crippen molar-refractivity contribution in [2.75, 3.05) is 6.54 Å². The molecule has 1 aliphatic rings. The molecule has 0 aromatic heterocycles. The number of carbonyl (C=O) groups excluding carboxylic acids is 1. The monoisotopic (exact) mass is 319 g/mol. The van der Waals surface area contributed by atoms with Crippen LogP contribution >= 0.6 is 12.2 Å². The number of carbonyl (C=O) groups is 2. The van der Waals surface area contributed by atoms with Crippen LogP contribution in [-0.4, -0.2) is 50.7 Å². The molecule has 22 heavy (non-hydrogen) atoms. The minimum Gasteiger partial charge on any atom is -0.480 e. The van der Waals surface area contributed by atoms with Gasteiger partial charge in [0.05, 0.1) is 18.1 Å². The van der Waals surface area contributed by atoms with E-state index in [4.69, 9.17) is 17.3 Å². The number of nitrogens with zero attached hydrogens (tertiary/aromatic N) is 1. The molecule has 1 aromatic rings. The number of benzene rings is 1.